The topological polar surface area (TPSA) is 105 Å². The van der Waals surface area contributed by atoms with Crippen molar-refractivity contribution < 1.29 is 27.5 Å². The molecule has 0 bridgehead atoms. The number of hydrogen-bond acceptors (Lipinski definition) is 7. The number of amides is 1. The van der Waals surface area contributed by atoms with Crippen LogP contribution in [-0.2, 0) is 19.6 Å². The van der Waals surface area contributed by atoms with Gasteiger partial charge in [-0.15, -0.1) is 0 Å². The van der Waals surface area contributed by atoms with Gasteiger partial charge < -0.3 is 14.8 Å². The average molecular weight is 442 g/mol. The van der Waals surface area contributed by atoms with Gasteiger partial charge in [0.25, 0.3) is 5.91 Å². The summed E-state index contributed by atoms with van der Waals surface area (Å²) in [6.07, 6.45) is 3.18. The van der Waals surface area contributed by atoms with Crippen molar-refractivity contribution in [1.82, 2.24) is 14.5 Å². The largest absolute Gasteiger partial charge is 0.494 e. The molecule has 30 heavy (non-hydrogen) atoms. The highest BCUT2D eigenvalue weighted by molar-refractivity contribution is 7.88. The van der Waals surface area contributed by atoms with E-state index in [1.807, 2.05) is 4.90 Å². The molecule has 10 heteroatoms. The highest BCUT2D eigenvalue weighted by Gasteiger charge is 2.32. The molecule has 1 atom stereocenters. The van der Waals surface area contributed by atoms with Crippen molar-refractivity contribution >= 4 is 21.9 Å². The van der Waals surface area contributed by atoms with E-state index in [1.54, 1.807) is 24.3 Å². The quantitative estimate of drug-likeness (QED) is 0.421. The number of sulfonamides is 1. The molecule has 1 fully saturated rings. The second-order valence-electron chi connectivity index (χ2n) is 7.17. The van der Waals surface area contributed by atoms with E-state index >= 15 is 0 Å². The molecule has 1 N–H and O–H groups in total. The van der Waals surface area contributed by atoms with E-state index < -0.39 is 22.0 Å². The Morgan fingerprint density at radius 1 is 1.13 bits per heavy atom. The van der Waals surface area contributed by atoms with Crippen molar-refractivity contribution in [3.05, 3.63) is 29.8 Å². The molecule has 0 aliphatic carbocycles. The van der Waals surface area contributed by atoms with E-state index in [1.165, 1.54) is 17.7 Å². The van der Waals surface area contributed by atoms with E-state index in [0.29, 0.717) is 44.1 Å². The maximum atomic E-state index is 12.5. The molecule has 0 radical (unpaired) electrons. The molecule has 1 aromatic carbocycles. The van der Waals surface area contributed by atoms with Crippen LogP contribution in [0.15, 0.2) is 24.3 Å². The summed E-state index contributed by atoms with van der Waals surface area (Å²) in [7, 11) is -1.97. The van der Waals surface area contributed by atoms with Gasteiger partial charge in [0.1, 0.15) is 11.8 Å². The number of carbonyl (C=O) groups is 2. The van der Waals surface area contributed by atoms with Gasteiger partial charge >= 0.3 is 5.97 Å². The zero-order valence-corrected chi connectivity index (χ0v) is 18.6. The Labute approximate surface area is 178 Å². The molecule has 168 valence electrons. The molecular weight excluding hydrogens is 410 g/mol. The summed E-state index contributed by atoms with van der Waals surface area (Å²) in [5.41, 5.74) is 0.461. The van der Waals surface area contributed by atoms with Crippen LogP contribution in [0.1, 0.15) is 30.1 Å². The van der Waals surface area contributed by atoms with Crippen LogP contribution in [0.4, 0.5) is 0 Å². The van der Waals surface area contributed by atoms with Gasteiger partial charge in [-0.1, -0.05) is 13.3 Å². The van der Waals surface area contributed by atoms with Gasteiger partial charge in [-0.3, -0.25) is 14.5 Å². The number of rotatable bonds is 10. The minimum Gasteiger partial charge on any atom is -0.494 e. The molecule has 9 nitrogen and oxygen atoms in total. The number of nitrogens with one attached hydrogen (secondary N) is 1. The van der Waals surface area contributed by atoms with Crippen LogP contribution in [0.2, 0.25) is 0 Å². The maximum Gasteiger partial charge on any atom is 0.324 e. The number of benzene rings is 1. The smallest absolute Gasteiger partial charge is 0.324 e. The van der Waals surface area contributed by atoms with Crippen LogP contribution < -0.4 is 10.1 Å². The predicted molar refractivity (Wildman–Crippen MR) is 113 cm³/mol. The minimum atomic E-state index is -3.26. The third kappa shape index (κ3) is 6.96. The fraction of sp³-hybridized carbons (Fsp3) is 0.600. The summed E-state index contributed by atoms with van der Waals surface area (Å²) in [6.45, 7) is 4.14. The predicted octanol–water partition coefficient (Wildman–Crippen LogP) is 0.714. The zero-order valence-electron chi connectivity index (χ0n) is 17.8. The molecular formula is C20H31N3O6S. The number of hydrogen-bond donors (Lipinski definition) is 1. The number of nitrogens with zero attached hydrogens (tertiary/aromatic N) is 2. The lowest BCUT2D eigenvalue weighted by Gasteiger charge is -2.37. The summed E-state index contributed by atoms with van der Waals surface area (Å²) in [4.78, 5) is 26.6. The first-order valence-electron chi connectivity index (χ1n) is 10.0. The fourth-order valence-electron chi connectivity index (χ4n) is 3.17. The van der Waals surface area contributed by atoms with Crippen LogP contribution in [-0.4, -0.2) is 88.2 Å². The Morgan fingerprint density at radius 2 is 1.77 bits per heavy atom. The van der Waals surface area contributed by atoms with E-state index in [-0.39, 0.29) is 12.5 Å². The molecule has 0 aromatic heterocycles. The third-order valence-corrected chi connectivity index (χ3v) is 6.30. The molecule has 1 saturated heterocycles. The highest BCUT2D eigenvalue weighted by atomic mass is 32.2. The molecule has 1 aliphatic rings. The molecule has 1 aliphatic heterocycles. The summed E-state index contributed by atoms with van der Waals surface area (Å²) in [5.74, 6) is -0.0715. The minimum absolute atomic E-state index is 0.0686. The van der Waals surface area contributed by atoms with Gasteiger partial charge in [-0.2, -0.15) is 4.31 Å². The number of methoxy groups -OCH3 is 1. The first kappa shape index (κ1) is 24.1. The first-order chi connectivity index (χ1) is 14.3. The third-order valence-electron chi connectivity index (χ3n) is 5.00. The van der Waals surface area contributed by atoms with Crippen molar-refractivity contribution in [1.29, 1.82) is 0 Å². The van der Waals surface area contributed by atoms with Crippen LogP contribution in [0.5, 0.6) is 5.75 Å². The van der Waals surface area contributed by atoms with E-state index in [9.17, 15) is 18.0 Å². The van der Waals surface area contributed by atoms with Crippen molar-refractivity contribution in [3.63, 3.8) is 0 Å². The fourth-order valence-corrected chi connectivity index (χ4v) is 4.00. The van der Waals surface area contributed by atoms with Crippen molar-refractivity contribution in [2.75, 3.05) is 52.7 Å². The van der Waals surface area contributed by atoms with E-state index in [2.05, 4.69) is 12.2 Å². The first-order valence-corrected chi connectivity index (χ1v) is 11.9. The molecule has 1 aromatic rings. The van der Waals surface area contributed by atoms with Crippen molar-refractivity contribution in [2.45, 2.75) is 25.8 Å². The van der Waals surface area contributed by atoms with Crippen LogP contribution in [0.3, 0.4) is 0 Å². The Morgan fingerprint density at radius 3 is 2.30 bits per heavy atom. The monoisotopic (exact) mass is 441 g/mol. The molecule has 1 amide bonds. The standard InChI is InChI=1S/C20H31N3O6S/c1-4-5-14-29-17-8-6-16(7-9-17)19(24)21-15-18(20(25)28-2)22-10-12-23(13-11-22)30(3,26)27/h6-9,18H,4-5,10-15H2,1-3H3,(H,21,24). The number of esters is 1. The summed E-state index contributed by atoms with van der Waals surface area (Å²) < 4.78 is 35.2. The Balaban J connectivity index is 1.93. The second kappa shape index (κ2) is 11.3. The van der Waals surface area contributed by atoms with Gasteiger partial charge in [0, 0.05) is 38.3 Å². The van der Waals surface area contributed by atoms with Gasteiger partial charge in [-0.05, 0) is 30.7 Å². The molecule has 0 saturated carbocycles. The number of piperazine rings is 1. The van der Waals surface area contributed by atoms with Crippen LogP contribution in [0, 0.1) is 0 Å². The number of unbranched alkanes of at least 4 members (excludes halogenated alkanes) is 1. The Kier molecular flexibility index (Phi) is 9.07. The Bertz CT molecular complexity index is 804. The lowest BCUT2D eigenvalue weighted by molar-refractivity contribution is -0.147. The lowest BCUT2D eigenvalue weighted by atomic mass is 10.1. The average Bonchev–Trinajstić information content (AvgIpc) is 2.74. The lowest BCUT2D eigenvalue weighted by Crippen LogP contribution is -2.57. The molecule has 1 unspecified atom stereocenters. The van der Waals surface area contributed by atoms with Gasteiger partial charge in [0.15, 0.2) is 0 Å². The van der Waals surface area contributed by atoms with Crippen molar-refractivity contribution in [2.24, 2.45) is 0 Å². The summed E-state index contributed by atoms with van der Waals surface area (Å²) in [6, 6.07) is 6.15. The maximum absolute atomic E-state index is 12.5. The van der Waals surface area contributed by atoms with E-state index in [4.69, 9.17) is 9.47 Å². The second-order valence-corrected chi connectivity index (χ2v) is 9.16. The summed E-state index contributed by atoms with van der Waals surface area (Å²) in [5, 5.41) is 2.77. The summed E-state index contributed by atoms with van der Waals surface area (Å²) >= 11 is 0. The van der Waals surface area contributed by atoms with Crippen LogP contribution >= 0.6 is 0 Å². The van der Waals surface area contributed by atoms with Crippen molar-refractivity contribution in [3.8, 4) is 5.75 Å². The van der Waals surface area contributed by atoms with Gasteiger partial charge in [0.05, 0.1) is 20.0 Å². The van der Waals surface area contributed by atoms with E-state index in [0.717, 1.165) is 12.8 Å². The molecule has 0 spiro atoms. The van der Waals surface area contributed by atoms with Crippen LogP contribution in [0.25, 0.3) is 0 Å². The molecule has 2 rings (SSSR count). The zero-order chi connectivity index (χ0) is 22.1. The Hall–Kier alpha value is -2.17. The number of ether oxygens (including phenoxy) is 2. The van der Waals surface area contributed by atoms with Gasteiger partial charge in [0.2, 0.25) is 10.0 Å². The molecule has 1 heterocycles. The van der Waals surface area contributed by atoms with Gasteiger partial charge in [-0.25, -0.2) is 8.42 Å². The SMILES string of the molecule is CCCCOc1ccc(C(=O)NCC(C(=O)OC)N2CCN(S(C)(=O)=O)CC2)cc1. The highest BCUT2D eigenvalue weighted by Crippen LogP contribution is 2.14. The number of carbonyl (C=O) groups excluding carboxylic acids is 2. The normalized spacial score (nSPS) is 16.6.